The predicted octanol–water partition coefficient (Wildman–Crippen LogP) is 5.36. The van der Waals surface area contributed by atoms with Crippen LogP contribution in [0.25, 0.3) is 0 Å². The number of hydrogen-bond acceptors (Lipinski definition) is 2. The second kappa shape index (κ2) is 18.5. The molecule has 0 aromatic heterocycles. The highest BCUT2D eigenvalue weighted by Gasteiger charge is 1.96. The van der Waals surface area contributed by atoms with Crippen molar-refractivity contribution in [2.75, 3.05) is 0 Å². The molecule has 0 saturated carbocycles. The first-order valence-electron chi connectivity index (χ1n) is 9.48. The molecule has 0 aliphatic heterocycles. The molecule has 0 saturated heterocycles. The maximum atomic E-state index is 11.2. The Hall–Kier alpha value is -1.87. The zero-order valence-electron chi connectivity index (χ0n) is 15.9. The van der Waals surface area contributed by atoms with Crippen LogP contribution in [0.5, 0.6) is 0 Å². The van der Waals surface area contributed by atoms with Gasteiger partial charge in [-0.2, -0.15) is 0 Å². The van der Waals surface area contributed by atoms with Crippen LogP contribution >= 0.6 is 0 Å². The van der Waals surface area contributed by atoms with Crippen molar-refractivity contribution in [3.63, 3.8) is 0 Å². The molecule has 3 nitrogen and oxygen atoms in total. The van der Waals surface area contributed by atoms with Gasteiger partial charge in [-0.3, -0.25) is 4.79 Å². The highest BCUT2D eigenvalue weighted by molar-refractivity contribution is 5.87. The van der Waals surface area contributed by atoms with E-state index in [1.54, 1.807) is 12.2 Å². The number of amides is 1. The molecule has 0 aliphatic rings. The first-order valence-corrected chi connectivity index (χ1v) is 9.48. The van der Waals surface area contributed by atoms with Gasteiger partial charge in [0.1, 0.15) is 6.23 Å². The van der Waals surface area contributed by atoms with Crippen LogP contribution in [0.1, 0.15) is 65.2 Å². The van der Waals surface area contributed by atoms with Gasteiger partial charge in [0.2, 0.25) is 5.91 Å². The van der Waals surface area contributed by atoms with E-state index in [9.17, 15) is 4.79 Å². The van der Waals surface area contributed by atoms with Gasteiger partial charge in [0.15, 0.2) is 0 Å². The number of allylic oxidation sites excluding steroid dienone is 9. The molecule has 0 spiro atoms. The smallest absolute Gasteiger partial charge is 0.245 e. The summed E-state index contributed by atoms with van der Waals surface area (Å²) in [7, 11) is 0. The van der Waals surface area contributed by atoms with E-state index in [-0.39, 0.29) is 5.91 Å². The van der Waals surface area contributed by atoms with Crippen LogP contribution in [-0.4, -0.2) is 17.2 Å². The van der Waals surface area contributed by atoms with Crippen LogP contribution in [0.2, 0.25) is 0 Å². The van der Waals surface area contributed by atoms with Crippen molar-refractivity contribution >= 4 is 5.91 Å². The fourth-order valence-corrected chi connectivity index (χ4v) is 2.18. The van der Waals surface area contributed by atoms with Crippen LogP contribution in [0.15, 0.2) is 60.8 Å². The number of aliphatic hydroxyl groups is 1. The van der Waals surface area contributed by atoms with E-state index in [0.717, 1.165) is 6.42 Å². The number of aliphatic hydroxyl groups excluding tert-OH is 1. The normalized spacial score (nSPS) is 13.9. The van der Waals surface area contributed by atoms with Gasteiger partial charge in [0.05, 0.1) is 0 Å². The summed E-state index contributed by atoms with van der Waals surface area (Å²) in [5.41, 5.74) is 0. The topological polar surface area (TPSA) is 49.3 Å². The molecule has 25 heavy (non-hydrogen) atoms. The van der Waals surface area contributed by atoms with E-state index in [2.05, 4.69) is 24.4 Å². The molecule has 0 aromatic carbocycles. The summed E-state index contributed by atoms with van der Waals surface area (Å²) in [6.45, 7) is 3.75. The summed E-state index contributed by atoms with van der Waals surface area (Å²) in [6, 6.07) is 0. The van der Waals surface area contributed by atoms with E-state index in [4.69, 9.17) is 5.11 Å². The molecule has 1 amide bonds. The summed E-state index contributed by atoms with van der Waals surface area (Å²) >= 11 is 0. The van der Waals surface area contributed by atoms with E-state index in [1.807, 2.05) is 30.4 Å². The Morgan fingerprint density at radius 2 is 1.36 bits per heavy atom. The standard InChI is InChI=1S/C22H35NO2/c1-3-4-5-6-7-8-9-10-11-12-13-14-15-16-17-18-19-20-22(25)23-21(2)24/h11-21,24H,3-10H2,1-2H3,(H,23,25). The molecule has 140 valence electrons. The Morgan fingerprint density at radius 1 is 0.840 bits per heavy atom. The SMILES string of the molecule is CCCCCCCCCC=CC=CC=CC=CC=CC(=O)NC(C)O. The van der Waals surface area contributed by atoms with Crippen molar-refractivity contribution < 1.29 is 9.90 Å². The van der Waals surface area contributed by atoms with Crippen molar-refractivity contribution in [3.05, 3.63) is 60.8 Å². The van der Waals surface area contributed by atoms with E-state index >= 15 is 0 Å². The first kappa shape index (κ1) is 23.1. The third kappa shape index (κ3) is 20.1. The maximum absolute atomic E-state index is 11.2. The highest BCUT2D eigenvalue weighted by Crippen LogP contribution is 2.08. The average molecular weight is 346 g/mol. The number of rotatable bonds is 14. The lowest BCUT2D eigenvalue weighted by molar-refractivity contribution is -0.119. The van der Waals surface area contributed by atoms with Crippen molar-refractivity contribution in [2.45, 2.75) is 71.4 Å². The summed E-state index contributed by atoms with van der Waals surface area (Å²) in [5.74, 6) is -0.311. The van der Waals surface area contributed by atoms with Crippen molar-refractivity contribution in [2.24, 2.45) is 0 Å². The Kier molecular flexibility index (Phi) is 17.1. The first-order chi connectivity index (χ1) is 12.2. The number of carbonyl (C=O) groups is 1. The minimum absolute atomic E-state index is 0.311. The van der Waals surface area contributed by atoms with Crippen LogP contribution in [-0.2, 0) is 4.79 Å². The molecule has 1 unspecified atom stereocenters. The van der Waals surface area contributed by atoms with Gasteiger partial charge in [-0.15, -0.1) is 0 Å². The lowest BCUT2D eigenvalue weighted by Gasteiger charge is -2.02. The molecule has 0 radical (unpaired) electrons. The maximum Gasteiger partial charge on any atom is 0.245 e. The fourth-order valence-electron chi connectivity index (χ4n) is 2.18. The van der Waals surface area contributed by atoms with Gasteiger partial charge in [-0.25, -0.2) is 0 Å². The molecule has 0 heterocycles. The number of carbonyl (C=O) groups excluding carboxylic acids is 1. The molecular formula is C22H35NO2. The monoisotopic (exact) mass is 345 g/mol. The summed E-state index contributed by atoms with van der Waals surface area (Å²) in [5, 5.41) is 11.3. The lowest BCUT2D eigenvalue weighted by Crippen LogP contribution is -2.30. The van der Waals surface area contributed by atoms with Gasteiger partial charge >= 0.3 is 0 Å². The molecule has 0 fully saturated rings. The number of hydrogen-bond donors (Lipinski definition) is 2. The molecule has 0 aromatic rings. The van der Waals surface area contributed by atoms with E-state index in [0.29, 0.717) is 0 Å². The van der Waals surface area contributed by atoms with Crippen LogP contribution < -0.4 is 5.32 Å². The summed E-state index contributed by atoms with van der Waals surface area (Å²) < 4.78 is 0. The molecule has 0 aliphatic carbocycles. The van der Waals surface area contributed by atoms with E-state index in [1.165, 1.54) is 57.9 Å². The minimum Gasteiger partial charge on any atom is -0.374 e. The van der Waals surface area contributed by atoms with Crippen molar-refractivity contribution in [3.8, 4) is 0 Å². The fraction of sp³-hybridized carbons (Fsp3) is 0.500. The van der Waals surface area contributed by atoms with Crippen LogP contribution in [0.3, 0.4) is 0 Å². The third-order valence-corrected chi connectivity index (χ3v) is 3.49. The molecule has 0 rings (SSSR count). The zero-order valence-corrected chi connectivity index (χ0v) is 15.9. The second-order valence-electron chi connectivity index (χ2n) is 6.04. The average Bonchev–Trinajstić information content (AvgIpc) is 2.57. The van der Waals surface area contributed by atoms with Crippen LogP contribution in [0, 0.1) is 0 Å². The van der Waals surface area contributed by atoms with Crippen LogP contribution in [0.4, 0.5) is 0 Å². The predicted molar refractivity (Wildman–Crippen MR) is 108 cm³/mol. The molecule has 0 bridgehead atoms. The lowest BCUT2D eigenvalue weighted by atomic mass is 10.1. The summed E-state index contributed by atoms with van der Waals surface area (Å²) in [4.78, 5) is 11.2. The Bertz CT molecular complexity index is 457. The van der Waals surface area contributed by atoms with Gasteiger partial charge < -0.3 is 10.4 Å². The minimum atomic E-state index is -0.829. The Balaban J connectivity index is 3.63. The second-order valence-corrected chi connectivity index (χ2v) is 6.04. The quantitative estimate of drug-likeness (QED) is 0.193. The van der Waals surface area contributed by atoms with Gasteiger partial charge in [-0.05, 0) is 19.8 Å². The zero-order chi connectivity index (χ0) is 18.6. The number of unbranched alkanes of at least 4 members (excludes halogenated alkanes) is 7. The van der Waals surface area contributed by atoms with Gasteiger partial charge in [-0.1, -0.05) is 100 Å². The van der Waals surface area contributed by atoms with Crippen molar-refractivity contribution in [1.82, 2.24) is 5.32 Å². The molecule has 2 N–H and O–H groups in total. The van der Waals surface area contributed by atoms with E-state index < -0.39 is 6.23 Å². The Morgan fingerprint density at radius 3 is 1.96 bits per heavy atom. The molecular weight excluding hydrogens is 310 g/mol. The third-order valence-electron chi connectivity index (χ3n) is 3.49. The highest BCUT2D eigenvalue weighted by atomic mass is 16.3. The number of nitrogens with one attached hydrogen (secondary N) is 1. The van der Waals surface area contributed by atoms with Gasteiger partial charge in [0, 0.05) is 6.08 Å². The largest absolute Gasteiger partial charge is 0.374 e. The van der Waals surface area contributed by atoms with Gasteiger partial charge in [0.25, 0.3) is 0 Å². The Labute approximate surface area is 153 Å². The molecule has 3 heteroatoms. The molecule has 1 atom stereocenters. The summed E-state index contributed by atoms with van der Waals surface area (Å²) in [6.07, 6.45) is 28.6. The van der Waals surface area contributed by atoms with Crippen molar-refractivity contribution in [1.29, 1.82) is 0 Å².